The molecule has 0 amide bonds. The Balaban J connectivity index is 1.38. The van der Waals surface area contributed by atoms with Crippen LogP contribution in [0.25, 0.3) is 33.8 Å². The molecule has 0 aliphatic carbocycles. The van der Waals surface area contributed by atoms with Gasteiger partial charge in [-0.3, -0.25) is 4.99 Å². The molecule has 0 saturated carbocycles. The zero-order valence-corrected chi connectivity index (χ0v) is 17.2. The number of aromatic nitrogens is 1. The summed E-state index contributed by atoms with van der Waals surface area (Å²) in [7, 11) is 0. The van der Waals surface area contributed by atoms with Crippen LogP contribution in [0.15, 0.2) is 94.0 Å². The Morgan fingerprint density at radius 2 is 1.64 bits per heavy atom. The highest BCUT2D eigenvalue weighted by Crippen LogP contribution is 2.43. The van der Waals surface area contributed by atoms with Crippen molar-refractivity contribution >= 4 is 28.1 Å². The second kappa shape index (κ2) is 7.27. The van der Waals surface area contributed by atoms with E-state index in [-0.39, 0.29) is 17.8 Å². The molecule has 4 heterocycles. The third kappa shape index (κ3) is 3.46. The van der Waals surface area contributed by atoms with Crippen molar-refractivity contribution in [1.29, 1.82) is 0 Å². The lowest BCUT2D eigenvalue weighted by Crippen LogP contribution is -2.14. The maximum Gasteiger partial charge on any atom is 0.420 e. The van der Waals surface area contributed by atoms with E-state index in [1.165, 1.54) is 6.07 Å². The number of halogens is 3. The lowest BCUT2D eigenvalue weighted by Gasteiger charge is -2.14. The quantitative estimate of drug-likeness (QED) is 0.369. The largest absolute Gasteiger partial charge is 0.483 e. The van der Waals surface area contributed by atoms with Gasteiger partial charge in [-0.05, 0) is 0 Å². The summed E-state index contributed by atoms with van der Waals surface area (Å²) in [6, 6.07) is 21.9. The van der Waals surface area contributed by atoms with Crippen molar-refractivity contribution in [3.8, 4) is 11.3 Å². The minimum absolute atomic E-state index is 0.0435. The van der Waals surface area contributed by atoms with Crippen LogP contribution in [0.3, 0.4) is 0 Å². The molecule has 1 N–H and O–H groups in total. The van der Waals surface area contributed by atoms with Crippen LogP contribution in [-0.2, 0) is 4.74 Å². The van der Waals surface area contributed by atoms with Crippen LogP contribution in [0.1, 0.15) is 17.7 Å². The highest BCUT2D eigenvalue weighted by molar-refractivity contribution is 6.09. The van der Waals surface area contributed by atoms with Gasteiger partial charge in [0.05, 0.1) is 22.6 Å². The topological polar surface area (TPSA) is 50.5 Å². The van der Waals surface area contributed by atoms with Crippen molar-refractivity contribution in [1.82, 2.24) is 4.98 Å². The predicted octanol–water partition coefficient (Wildman–Crippen LogP) is 6.99. The molecule has 6 rings (SSSR count). The van der Waals surface area contributed by atoms with Crippen molar-refractivity contribution in [3.05, 3.63) is 95.8 Å². The lowest BCUT2D eigenvalue weighted by atomic mass is 10.1. The van der Waals surface area contributed by atoms with Gasteiger partial charge in [0, 0.05) is 35.8 Å². The smallest absolute Gasteiger partial charge is 0.420 e. The van der Waals surface area contributed by atoms with Gasteiger partial charge < -0.3 is 14.1 Å². The molecule has 4 nitrogen and oxygen atoms in total. The monoisotopic (exact) mass is 446 g/mol. The number of nitrogens with one attached hydrogen (secondary N) is 1. The van der Waals surface area contributed by atoms with Gasteiger partial charge in [-0.1, -0.05) is 60.7 Å². The molecule has 0 saturated heterocycles. The van der Waals surface area contributed by atoms with Gasteiger partial charge in [-0.15, -0.1) is 0 Å². The highest BCUT2D eigenvalue weighted by Gasteiger charge is 2.42. The van der Waals surface area contributed by atoms with Crippen molar-refractivity contribution < 1.29 is 22.3 Å². The van der Waals surface area contributed by atoms with Gasteiger partial charge in [0.2, 0.25) is 0 Å². The molecular weight excluding hydrogens is 429 g/mol. The lowest BCUT2D eigenvalue weighted by molar-refractivity contribution is -0.0697. The number of rotatable bonds is 3. The number of furan rings is 1. The van der Waals surface area contributed by atoms with E-state index in [2.05, 4.69) is 9.98 Å². The van der Waals surface area contributed by atoms with E-state index in [4.69, 9.17) is 9.15 Å². The molecule has 4 aromatic rings. The summed E-state index contributed by atoms with van der Waals surface area (Å²) in [5.41, 5.74) is 2.18. The molecular formula is C26H17F3N2O2. The number of fused-ring (bicyclic) bond motifs is 2. The first-order chi connectivity index (χ1) is 16.0. The van der Waals surface area contributed by atoms with Gasteiger partial charge in [-0.25, -0.2) is 0 Å². The van der Waals surface area contributed by atoms with Crippen LogP contribution in [0, 0.1) is 0 Å². The number of alkyl halides is 3. The Morgan fingerprint density at radius 3 is 2.27 bits per heavy atom. The standard InChI is InChI=1S/C26H17F3N2O2/c27-26(28,29)25(19-13-23-17(30-19)11-21(32-23)15-7-3-1-4-8-15)20-14-24-18(31-20)12-22(33-24)16-9-5-2-6-10-16/h1-13,24,30H,14H2/b25-20+. The van der Waals surface area contributed by atoms with Crippen LogP contribution >= 0.6 is 0 Å². The Bertz CT molecular complexity index is 1410. The van der Waals surface area contributed by atoms with Gasteiger partial charge in [0.1, 0.15) is 23.2 Å². The number of benzene rings is 2. The molecule has 0 spiro atoms. The summed E-state index contributed by atoms with van der Waals surface area (Å²) in [5.74, 6) is 1.21. The normalized spacial score (nSPS) is 19.3. The molecule has 1 unspecified atom stereocenters. The Morgan fingerprint density at radius 1 is 0.939 bits per heavy atom. The third-order valence-corrected chi connectivity index (χ3v) is 5.78. The molecule has 2 aromatic carbocycles. The minimum Gasteiger partial charge on any atom is -0.483 e. The number of hydrogen-bond donors (Lipinski definition) is 1. The fourth-order valence-electron chi connectivity index (χ4n) is 4.29. The number of H-pyrrole nitrogens is 1. The van der Waals surface area contributed by atoms with Gasteiger partial charge in [-0.2, -0.15) is 13.2 Å². The van der Waals surface area contributed by atoms with Crippen molar-refractivity contribution in [3.63, 3.8) is 0 Å². The minimum atomic E-state index is -4.59. The molecule has 1 atom stereocenters. The molecule has 164 valence electrons. The maximum absolute atomic E-state index is 14.1. The second-order valence-electron chi connectivity index (χ2n) is 7.98. The Labute approximate surface area is 186 Å². The summed E-state index contributed by atoms with van der Waals surface area (Å²) in [6.07, 6.45) is -3.34. The van der Waals surface area contributed by atoms with E-state index in [1.807, 2.05) is 60.7 Å². The number of ether oxygens (including phenoxy) is 1. The molecule has 7 heteroatoms. The maximum atomic E-state index is 14.1. The van der Waals surface area contributed by atoms with E-state index in [1.54, 1.807) is 12.1 Å². The fourth-order valence-corrected chi connectivity index (χ4v) is 4.29. The average Bonchev–Trinajstić information content (AvgIpc) is 3.54. The van der Waals surface area contributed by atoms with E-state index in [0.29, 0.717) is 28.3 Å². The summed E-state index contributed by atoms with van der Waals surface area (Å²) in [4.78, 5) is 7.19. The molecule has 2 aliphatic rings. The van der Waals surface area contributed by atoms with Gasteiger partial charge >= 0.3 is 6.18 Å². The third-order valence-electron chi connectivity index (χ3n) is 5.78. The van der Waals surface area contributed by atoms with E-state index >= 15 is 0 Å². The van der Waals surface area contributed by atoms with Gasteiger partial charge in [0.15, 0.2) is 5.58 Å². The SMILES string of the molecule is FC(F)(F)/C(=C1\CC2OC(c3ccccc3)=CC2=N1)c1cc2oc(-c3ccccc3)cc2[nH]1. The number of allylic oxidation sites excluding steroid dienone is 1. The summed E-state index contributed by atoms with van der Waals surface area (Å²) >= 11 is 0. The summed E-state index contributed by atoms with van der Waals surface area (Å²) in [6.45, 7) is 0. The first kappa shape index (κ1) is 19.7. The molecule has 0 fully saturated rings. The predicted molar refractivity (Wildman–Crippen MR) is 120 cm³/mol. The first-order valence-corrected chi connectivity index (χ1v) is 10.5. The van der Waals surface area contributed by atoms with Crippen molar-refractivity contribution in [2.75, 3.05) is 0 Å². The summed E-state index contributed by atoms with van der Waals surface area (Å²) in [5, 5.41) is 0. The zero-order chi connectivity index (χ0) is 22.6. The molecule has 2 aliphatic heterocycles. The number of aromatic amines is 1. The number of hydrogen-bond acceptors (Lipinski definition) is 3. The van der Waals surface area contributed by atoms with Crippen LogP contribution in [0.4, 0.5) is 13.2 Å². The van der Waals surface area contributed by atoms with E-state index in [9.17, 15) is 13.2 Å². The second-order valence-corrected chi connectivity index (χ2v) is 7.98. The van der Waals surface area contributed by atoms with Crippen LogP contribution < -0.4 is 0 Å². The molecule has 0 radical (unpaired) electrons. The van der Waals surface area contributed by atoms with Crippen LogP contribution in [0.2, 0.25) is 0 Å². The van der Waals surface area contributed by atoms with Crippen LogP contribution in [0.5, 0.6) is 0 Å². The van der Waals surface area contributed by atoms with E-state index in [0.717, 1.165) is 11.1 Å². The highest BCUT2D eigenvalue weighted by atomic mass is 19.4. The first-order valence-electron chi connectivity index (χ1n) is 10.5. The number of aliphatic imine (C=N–C) groups is 1. The number of nitrogens with zero attached hydrogens (tertiary/aromatic N) is 1. The Hall–Kier alpha value is -4.00. The summed E-state index contributed by atoms with van der Waals surface area (Å²) < 4.78 is 54.1. The van der Waals surface area contributed by atoms with Crippen LogP contribution in [-0.4, -0.2) is 23.0 Å². The van der Waals surface area contributed by atoms with Crippen molar-refractivity contribution in [2.24, 2.45) is 4.99 Å². The Kier molecular flexibility index (Phi) is 4.33. The average molecular weight is 446 g/mol. The van der Waals surface area contributed by atoms with Gasteiger partial charge in [0.25, 0.3) is 0 Å². The molecule has 33 heavy (non-hydrogen) atoms. The van der Waals surface area contributed by atoms with E-state index < -0.39 is 17.9 Å². The molecule has 2 aromatic heterocycles. The molecule has 0 bridgehead atoms. The van der Waals surface area contributed by atoms with Crippen molar-refractivity contribution in [2.45, 2.75) is 18.7 Å². The zero-order valence-electron chi connectivity index (χ0n) is 17.2. The fraction of sp³-hybridized carbons (Fsp3) is 0.115.